The smallest absolute Gasteiger partial charge is 0.262 e. The first-order valence-electron chi connectivity index (χ1n) is 8.85. The van der Waals surface area contributed by atoms with Gasteiger partial charge in [-0.2, -0.15) is 0 Å². The number of hydrogen-bond acceptors (Lipinski definition) is 5. The number of thioether (sulfide) groups is 1. The lowest BCUT2D eigenvalue weighted by atomic mass is 10.0. The van der Waals surface area contributed by atoms with Gasteiger partial charge in [0.1, 0.15) is 5.76 Å². The molecular formula is C20H23N3O3S. The van der Waals surface area contributed by atoms with E-state index in [2.05, 4.69) is 10.3 Å². The molecular weight excluding hydrogens is 362 g/mol. The van der Waals surface area contributed by atoms with Gasteiger partial charge in [0.2, 0.25) is 5.91 Å². The van der Waals surface area contributed by atoms with Gasteiger partial charge in [0.25, 0.3) is 5.56 Å². The number of aromatic nitrogens is 2. The Labute approximate surface area is 162 Å². The van der Waals surface area contributed by atoms with Gasteiger partial charge in [-0.3, -0.25) is 14.2 Å². The molecule has 0 unspecified atom stereocenters. The van der Waals surface area contributed by atoms with Gasteiger partial charge >= 0.3 is 0 Å². The van der Waals surface area contributed by atoms with E-state index in [1.165, 1.54) is 11.8 Å². The standard InChI is InChI=1S/C20H23N3O3S/c1-4-20(2,3)22-17(24)13-27-19-21-16-10-6-5-9-15(16)18(25)23(19)12-14-8-7-11-26-14/h5-11H,4,12-13H2,1-3H3,(H,22,24). The van der Waals surface area contributed by atoms with E-state index in [0.29, 0.717) is 21.8 Å². The Morgan fingerprint density at radius 3 is 2.74 bits per heavy atom. The number of para-hydroxylation sites is 1. The molecule has 0 aliphatic carbocycles. The second kappa shape index (κ2) is 8.00. The van der Waals surface area contributed by atoms with Crippen LogP contribution in [0, 0.1) is 0 Å². The van der Waals surface area contributed by atoms with Crippen molar-refractivity contribution in [2.75, 3.05) is 5.75 Å². The molecule has 0 atom stereocenters. The third-order valence-corrected chi connectivity index (χ3v) is 5.39. The Bertz CT molecular complexity index is 993. The van der Waals surface area contributed by atoms with E-state index >= 15 is 0 Å². The summed E-state index contributed by atoms with van der Waals surface area (Å²) in [5.41, 5.74) is 0.214. The van der Waals surface area contributed by atoms with Crippen molar-refractivity contribution in [1.29, 1.82) is 0 Å². The number of hydrogen-bond donors (Lipinski definition) is 1. The molecule has 27 heavy (non-hydrogen) atoms. The lowest BCUT2D eigenvalue weighted by Gasteiger charge is -2.24. The normalized spacial score (nSPS) is 11.7. The summed E-state index contributed by atoms with van der Waals surface area (Å²) in [5, 5.41) is 4.05. The van der Waals surface area contributed by atoms with Crippen LogP contribution in [0.1, 0.15) is 33.0 Å². The maximum Gasteiger partial charge on any atom is 0.262 e. The zero-order chi connectivity index (χ0) is 19.4. The average molecular weight is 385 g/mol. The highest BCUT2D eigenvalue weighted by Gasteiger charge is 2.19. The number of nitrogens with one attached hydrogen (secondary N) is 1. The maximum atomic E-state index is 13.0. The first kappa shape index (κ1) is 19.2. The van der Waals surface area contributed by atoms with Crippen LogP contribution in [0.3, 0.4) is 0 Å². The molecule has 0 saturated carbocycles. The monoisotopic (exact) mass is 385 g/mol. The highest BCUT2D eigenvalue weighted by atomic mass is 32.2. The number of carbonyl (C=O) groups is 1. The van der Waals surface area contributed by atoms with Crippen molar-refractivity contribution in [2.24, 2.45) is 0 Å². The molecule has 0 bridgehead atoms. The van der Waals surface area contributed by atoms with E-state index in [4.69, 9.17) is 4.42 Å². The molecule has 2 aromatic heterocycles. The van der Waals surface area contributed by atoms with Crippen LogP contribution in [-0.4, -0.2) is 26.8 Å². The van der Waals surface area contributed by atoms with Gasteiger partial charge in [-0.15, -0.1) is 0 Å². The van der Waals surface area contributed by atoms with Crippen LogP contribution in [0.25, 0.3) is 10.9 Å². The summed E-state index contributed by atoms with van der Waals surface area (Å²) >= 11 is 1.26. The average Bonchev–Trinajstić information content (AvgIpc) is 3.15. The Balaban J connectivity index is 1.90. The molecule has 3 rings (SSSR count). The zero-order valence-corrected chi connectivity index (χ0v) is 16.5. The van der Waals surface area contributed by atoms with E-state index in [-0.39, 0.29) is 29.3 Å². The van der Waals surface area contributed by atoms with Crippen molar-refractivity contribution >= 4 is 28.6 Å². The minimum Gasteiger partial charge on any atom is -0.467 e. The van der Waals surface area contributed by atoms with E-state index < -0.39 is 0 Å². The molecule has 0 radical (unpaired) electrons. The summed E-state index contributed by atoms with van der Waals surface area (Å²) < 4.78 is 6.95. The van der Waals surface area contributed by atoms with Gasteiger partial charge in [0.15, 0.2) is 5.16 Å². The summed E-state index contributed by atoms with van der Waals surface area (Å²) in [6, 6.07) is 10.8. The van der Waals surface area contributed by atoms with Crippen LogP contribution in [0.4, 0.5) is 0 Å². The predicted octanol–water partition coefficient (Wildman–Crippen LogP) is 3.43. The predicted molar refractivity (Wildman–Crippen MR) is 107 cm³/mol. The lowest BCUT2D eigenvalue weighted by Crippen LogP contribution is -2.43. The summed E-state index contributed by atoms with van der Waals surface area (Å²) in [6.45, 7) is 6.26. The fraction of sp³-hybridized carbons (Fsp3) is 0.350. The molecule has 7 heteroatoms. The third kappa shape index (κ3) is 4.60. The number of carbonyl (C=O) groups excluding carboxylic acids is 1. The van der Waals surface area contributed by atoms with Crippen molar-refractivity contribution < 1.29 is 9.21 Å². The number of benzene rings is 1. The second-order valence-corrected chi connectivity index (χ2v) is 7.90. The van der Waals surface area contributed by atoms with Crippen molar-refractivity contribution in [3.63, 3.8) is 0 Å². The summed E-state index contributed by atoms with van der Waals surface area (Å²) in [6.07, 6.45) is 2.41. The summed E-state index contributed by atoms with van der Waals surface area (Å²) in [7, 11) is 0. The first-order valence-corrected chi connectivity index (χ1v) is 9.84. The fourth-order valence-corrected chi connectivity index (χ4v) is 3.39. The van der Waals surface area contributed by atoms with Crippen molar-refractivity contribution in [3.05, 3.63) is 58.8 Å². The third-order valence-electron chi connectivity index (χ3n) is 4.41. The molecule has 0 aliphatic rings. The molecule has 0 saturated heterocycles. The minimum absolute atomic E-state index is 0.0844. The number of nitrogens with zero attached hydrogens (tertiary/aromatic N) is 2. The Morgan fingerprint density at radius 2 is 2.04 bits per heavy atom. The van der Waals surface area contributed by atoms with E-state index in [1.807, 2.05) is 39.0 Å². The van der Waals surface area contributed by atoms with Gasteiger partial charge in [0.05, 0.1) is 29.5 Å². The first-order chi connectivity index (χ1) is 12.9. The lowest BCUT2D eigenvalue weighted by molar-refractivity contribution is -0.120. The molecule has 1 N–H and O–H groups in total. The molecule has 1 aromatic carbocycles. The maximum absolute atomic E-state index is 13.0. The van der Waals surface area contributed by atoms with Gasteiger partial charge in [0, 0.05) is 5.54 Å². The van der Waals surface area contributed by atoms with Crippen LogP contribution in [0.15, 0.2) is 57.0 Å². The minimum atomic E-state index is -0.262. The van der Waals surface area contributed by atoms with Crippen LogP contribution in [0.2, 0.25) is 0 Å². The highest BCUT2D eigenvalue weighted by molar-refractivity contribution is 7.99. The van der Waals surface area contributed by atoms with Gasteiger partial charge in [-0.05, 0) is 44.5 Å². The Hall–Kier alpha value is -2.54. The van der Waals surface area contributed by atoms with Crippen molar-refractivity contribution in [3.8, 4) is 0 Å². The number of rotatable bonds is 7. The van der Waals surface area contributed by atoms with Crippen LogP contribution >= 0.6 is 11.8 Å². The van der Waals surface area contributed by atoms with Crippen LogP contribution in [0.5, 0.6) is 0 Å². The zero-order valence-electron chi connectivity index (χ0n) is 15.7. The molecule has 142 valence electrons. The molecule has 6 nitrogen and oxygen atoms in total. The number of fused-ring (bicyclic) bond motifs is 1. The van der Waals surface area contributed by atoms with Crippen molar-refractivity contribution in [1.82, 2.24) is 14.9 Å². The molecule has 1 amide bonds. The number of amides is 1. The quantitative estimate of drug-likeness (QED) is 0.498. The Morgan fingerprint density at radius 1 is 1.26 bits per heavy atom. The van der Waals surface area contributed by atoms with Gasteiger partial charge in [-0.25, -0.2) is 4.98 Å². The van der Waals surface area contributed by atoms with Crippen LogP contribution < -0.4 is 10.9 Å². The number of furan rings is 1. The fourth-order valence-electron chi connectivity index (χ4n) is 2.59. The van der Waals surface area contributed by atoms with E-state index in [0.717, 1.165) is 6.42 Å². The summed E-state index contributed by atoms with van der Waals surface area (Å²) in [4.78, 5) is 29.9. The van der Waals surface area contributed by atoms with Crippen LogP contribution in [-0.2, 0) is 11.3 Å². The Kier molecular flexibility index (Phi) is 5.70. The molecule has 0 aliphatic heterocycles. The SMILES string of the molecule is CCC(C)(C)NC(=O)CSc1nc2ccccc2c(=O)n1Cc1ccco1. The highest BCUT2D eigenvalue weighted by Crippen LogP contribution is 2.19. The second-order valence-electron chi connectivity index (χ2n) is 6.96. The van der Waals surface area contributed by atoms with E-state index in [1.54, 1.807) is 29.0 Å². The topological polar surface area (TPSA) is 77.1 Å². The molecule has 0 spiro atoms. The molecule has 3 aromatic rings. The van der Waals surface area contributed by atoms with Crippen molar-refractivity contribution in [2.45, 2.75) is 44.4 Å². The molecule has 0 fully saturated rings. The molecule has 2 heterocycles. The van der Waals surface area contributed by atoms with Gasteiger partial charge < -0.3 is 9.73 Å². The largest absolute Gasteiger partial charge is 0.467 e. The van der Waals surface area contributed by atoms with Gasteiger partial charge in [-0.1, -0.05) is 30.8 Å². The summed E-state index contributed by atoms with van der Waals surface area (Å²) in [5.74, 6) is 0.762. The van der Waals surface area contributed by atoms with E-state index in [9.17, 15) is 9.59 Å².